The molecule has 14 heteroatoms. The Bertz CT molecular complexity index is 2250. The molecule has 2 aromatic carbocycles. The van der Waals surface area contributed by atoms with Crippen molar-refractivity contribution in [1.29, 1.82) is 5.26 Å². The number of rotatable bonds is 8. The molecule has 11 nitrogen and oxygen atoms in total. The van der Waals surface area contributed by atoms with Gasteiger partial charge in [0.2, 0.25) is 5.91 Å². The summed E-state index contributed by atoms with van der Waals surface area (Å²) in [6.45, 7) is 6.55. The molecule has 0 spiro atoms. The smallest absolute Gasteiger partial charge is 0.246 e. The van der Waals surface area contributed by atoms with E-state index >= 15 is 4.39 Å². The van der Waals surface area contributed by atoms with E-state index in [-0.39, 0.29) is 46.1 Å². The standard InChI is InChI=1S/C37H41Cl2FN10O/c1-21-27(38)16-29-25(17-42-45-29)31(21)32-28(39)15-24-34(33(32)40)44-36(48-19-37(2,20-48)47(5)6)26-18-43-50(35(24)26)23-10-13-49(22(14-23)9-11-41)30(51)8-7-12-46(3)4/h7-8,15-18,22-23H,9-10,12-14,19-20H2,1-6H3,(H,42,45)/b8-7+/t22-,23+/m1/s1. The molecule has 3 aromatic heterocycles. The largest absolute Gasteiger partial charge is 0.352 e. The van der Waals surface area contributed by atoms with E-state index in [2.05, 4.69) is 47.1 Å². The number of carbonyl (C=O) groups is 1. The highest BCUT2D eigenvalue weighted by molar-refractivity contribution is 6.36. The second kappa shape index (κ2) is 13.4. The third kappa shape index (κ3) is 6.00. The van der Waals surface area contributed by atoms with Crippen molar-refractivity contribution in [2.45, 2.75) is 50.7 Å². The van der Waals surface area contributed by atoms with Crippen molar-refractivity contribution in [1.82, 2.24) is 39.7 Å². The molecule has 1 N–H and O–H groups in total. The molecule has 2 saturated heterocycles. The van der Waals surface area contributed by atoms with Crippen LogP contribution in [0.3, 0.4) is 0 Å². The van der Waals surface area contributed by atoms with E-state index in [0.717, 1.165) is 10.9 Å². The van der Waals surface area contributed by atoms with Gasteiger partial charge in [0.25, 0.3) is 0 Å². The average molecular weight is 732 g/mol. The minimum Gasteiger partial charge on any atom is -0.352 e. The number of nitriles is 1. The first-order chi connectivity index (χ1) is 24.3. The summed E-state index contributed by atoms with van der Waals surface area (Å²) in [5.74, 6) is -0.00728. The van der Waals surface area contributed by atoms with E-state index in [1.807, 2.05) is 36.7 Å². The molecule has 51 heavy (non-hydrogen) atoms. The molecule has 5 heterocycles. The van der Waals surface area contributed by atoms with Gasteiger partial charge in [-0.25, -0.2) is 9.37 Å². The van der Waals surface area contributed by atoms with Crippen LogP contribution in [0, 0.1) is 24.1 Å². The predicted octanol–water partition coefficient (Wildman–Crippen LogP) is 6.59. The number of carbonyl (C=O) groups excluding carboxylic acids is 1. The van der Waals surface area contributed by atoms with Gasteiger partial charge in [-0.3, -0.25) is 14.6 Å². The zero-order valence-electron chi connectivity index (χ0n) is 29.6. The molecule has 0 saturated carbocycles. The number of nitrogens with zero attached hydrogens (tertiary/aromatic N) is 9. The number of aromatic amines is 1. The highest BCUT2D eigenvalue weighted by atomic mass is 35.5. The second-order valence-corrected chi connectivity index (χ2v) is 15.4. The SMILES string of the molecule is Cc1c(Cl)cc2[nH]ncc2c1-c1c(Cl)cc2c(nc(N3CC(C)(N(C)C)C3)c3cnn([C@H]4CCN(C(=O)/C=C/CN(C)C)[C@H](CC#N)C4)c32)c1F. The van der Waals surface area contributed by atoms with Gasteiger partial charge in [-0.2, -0.15) is 15.5 Å². The van der Waals surface area contributed by atoms with E-state index in [1.54, 1.807) is 35.5 Å². The Morgan fingerprint density at radius 1 is 1.14 bits per heavy atom. The van der Waals surface area contributed by atoms with Crippen molar-refractivity contribution in [2.75, 3.05) is 59.3 Å². The Labute approximate surface area is 306 Å². The molecular weight excluding hydrogens is 690 g/mol. The fourth-order valence-corrected chi connectivity index (χ4v) is 8.09. The van der Waals surface area contributed by atoms with E-state index < -0.39 is 5.82 Å². The average Bonchev–Trinajstić information content (AvgIpc) is 3.72. The number of fused-ring (bicyclic) bond motifs is 4. The summed E-state index contributed by atoms with van der Waals surface area (Å²) in [7, 11) is 8.00. The fourth-order valence-electron chi connectivity index (χ4n) is 7.60. The van der Waals surface area contributed by atoms with Gasteiger partial charge in [-0.1, -0.05) is 29.3 Å². The van der Waals surface area contributed by atoms with Crippen molar-refractivity contribution < 1.29 is 9.18 Å². The van der Waals surface area contributed by atoms with Crippen LogP contribution in [0.1, 0.15) is 37.8 Å². The number of halogens is 3. The predicted molar refractivity (Wildman–Crippen MR) is 201 cm³/mol. The Morgan fingerprint density at radius 3 is 2.61 bits per heavy atom. The maximum absolute atomic E-state index is 17.3. The lowest BCUT2D eigenvalue weighted by atomic mass is 9.90. The molecule has 0 aliphatic carbocycles. The normalized spacial score (nSPS) is 19.3. The maximum atomic E-state index is 17.3. The molecule has 5 aromatic rings. The van der Waals surface area contributed by atoms with Crippen LogP contribution in [0.5, 0.6) is 0 Å². The highest BCUT2D eigenvalue weighted by Gasteiger charge is 2.43. The quantitative estimate of drug-likeness (QED) is 0.178. The topological polar surface area (TPSA) is 113 Å². The second-order valence-electron chi connectivity index (χ2n) is 14.6. The van der Waals surface area contributed by atoms with Gasteiger partial charge in [-0.15, -0.1) is 0 Å². The van der Waals surface area contributed by atoms with Gasteiger partial charge < -0.3 is 19.6 Å². The Hall–Kier alpha value is -4.28. The van der Waals surface area contributed by atoms with Gasteiger partial charge in [0.05, 0.1) is 57.9 Å². The number of anilines is 1. The van der Waals surface area contributed by atoms with Crippen molar-refractivity contribution in [3.8, 4) is 17.2 Å². The number of nitrogens with one attached hydrogen (secondary N) is 1. The molecule has 2 fully saturated rings. The molecule has 2 aliphatic heterocycles. The Kier molecular flexibility index (Phi) is 9.21. The van der Waals surface area contributed by atoms with E-state index in [4.69, 9.17) is 33.3 Å². The number of amides is 1. The first-order valence-electron chi connectivity index (χ1n) is 17.1. The molecular formula is C37H41Cl2FN10O. The summed E-state index contributed by atoms with van der Waals surface area (Å²) < 4.78 is 19.2. The first kappa shape index (κ1) is 35.1. The van der Waals surface area contributed by atoms with Crippen LogP contribution in [0.15, 0.2) is 36.7 Å². The van der Waals surface area contributed by atoms with Crippen LogP contribution in [0.2, 0.25) is 10.0 Å². The number of hydrogen-bond donors (Lipinski definition) is 1. The molecule has 2 aliphatic rings. The molecule has 0 radical (unpaired) electrons. The summed E-state index contributed by atoms with van der Waals surface area (Å²) in [4.78, 5) is 26.4. The van der Waals surface area contributed by atoms with Crippen LogP contribution in [0.4, 0.5) is 10.2 Å². The maximum Gasteiger partial charge on any atom is 0.246 e. The van der Waals surface area contributed by atoms with Gasteiger partial charge in [0.1, 0.15) is 11.3 Å². The Morgan fingerprint density at radius 2 is 1.90 bits per heavy atom. The third-order valence-corrected chi connectivity index (χ3v) is 11.4. The summed E-state index contributed by atoms with van der Waals surface area (Å²) in [5, 5.41) is 24.5. The number of H-pyrrole nitrogens is 1. The Balaban J connectivity index is 1.38. The summed E-state index contributed by atoms with van der Waals surface area (Å²) >= 11 is 13.7. The van der Waals surface area contributed by atoms with Crippen molar-refractivity contribution in [3.63, 3.8) is 0 Å². The van der Waals surface area contributed by atoms with Crippen LogP contribution in [-0.2, 0) is 4.79 Å². The molecule has 2 atom stereocenters. The molecule has 7 rings (SSSR count). The number of hydrogen-bond acceptors (Lipinski definition) is 8. The van der Waals surface area contributed by atoms with E-state index in [1.165, 1.54) is 0 Å². The first-order valence-corrected chi connectivity index (χ1v) is 17.8. The van der Waals surface area contributed by atoms with Crippen LogP contribution >= 0.6 is 23.2 Å². The molecule has 0 bridgehead atoms. The van der Waals surface area contributed by atoms with Gasteiger partial charge in [-0.05, 0) is 72.6 Å². The third-order valence-electron chi connectivity index (χ3n) is 10.7. The van der Waals surface area contributed by atoms with Crippen molar-refractivity contribution >= 4 is 67.6 Å². The number of aromatic nitrogens is 5. The summed E-state index contributed by atoms with van der Waals surface area (Å²) in [5.41, 5.74) is 2.97. The number of piperidine rings is 1. The lowest BCUT2D eigenvalue weighted by Crippen LogP contribution is -2.67. The monoisotopic (exact) mass is 730 g/mol. The molecule has 266 valence electrons. The summed E-state index contributed by atoms with van der Waals surface area (Å²) in [6.07, 6.45) is 8.22. The van der Waals surface area contributed by atoms with Gasteiger partial charge in [0.15, 0.2) is 5.82 Å². The summed E-state index contributed by atoms with van der Waals surface area (Å²) in [6, 6.07) is 5.38. The number of likely N-dealkylation sites (tertiary alicyclic amines) is 1. The number of likely N-dealkylation sites (N-methyl/N-ethyl adjacent to an activating group) is 2. The number of benzene rings is 2. The van der Waals surface area contributed by atoms with Crippen LogP contribution in [0.25, 0.3) is 43.8 Å². The minimum absolute atomic E-state index is 0.0711. The van der Waals surface area contributed by atoms with Crippen LogP contribution < -0.4 is 4.90 Å². The zero-order valence-corrected chi connectivity index (χ0v) is 31.1. The van der Waals surface area contributed by atoms with Crippen LogP contribution in [-0.4, -0.2) is 112 Å². The van der Waals surface area contributed by atoms with Gasteiger partial charge in [0, 0.05) is 65.2 Å². The molecule has 1 amide bonds. The lowest BCUT2D eigenvalue weighted by molar-refractivity contribution is -0.130. The van der Waals surface area contributed by atoms with E-state index in [9.17, 15) is 10.1 Å². The van der Waals surface area contributed by atoms with E-state index in [0.29, 0.717) is 77.3 Å². The minimum atomic E-state index is -0.551. The van der Waals surface area contributed by atoms with Crippen molar-refractivity contribution in [3.05, 3.63) is 58.1 Å². The van der Waals surface area contributed by atoms with Gasteiger partial charge >= 0.3 is 0 Å². The fraction of sp³-hybridized carbons (Fsp3) is 0.432. The number of pyridine rings is 1. The molecule has 0 unspecified atom stereocenters. The lowest BCUT2D eigenvalue weighted by Gasteiger charge is -2.52. The van der Waals surface area contributed by atoms with Crippen molar-refractivity contribution in [2.24, 2.45) is 0 Å². The highest BCUT2D eigenvalue weighted by Crippen LogP contribution is 2.46. The zero-order chi connectivity index (χ0) is 36.4.